The first-order valence-electron chi connectivity index (χ1n) is 28.3. The van der Waals surface area contributed by atoms with Crippen molar-refractivity contribution < 1.29 is 52.9 Å². The number of carbonyl (C=O) groups is 8. The number of carbonyl (C=O) groups excluding carboxylic acids is 7. The lowest BCUT2D eigenvalue weighted by Gasteiger charge is -2.28. The van der Waals surface area contributed by atoms with Crippen LogP contribution in [0.5, 0.6) is 0 Å². The largest absolute Gasteiger partial charge is 0.480 e. The number of para-hydroxylation sites is 1. The van der Waals surface area contributed by atoms with Gasteiger partial charge in [0.15, 0.2) is 11.2 Å². The predicted molar refractivity (Wildman–Crippen MR) is 320 cm³/mol. The second kappa shape index (κ2) is 31.8. The number of ether oxygens (including phenoxy) is 2. The van der Waals surface area contributed by atoms with Crippen LogP contribution in [0, 0.1) is 0 Å². The molecule has 1 fully saturated rings. The van der Waals surface area contributed by atoms with Crippen molar-refractivity contribution in [3.8, 4) is 22.5 Å². The molecule has 87 heavy (non-hydrogen) atoms. The van der Waals surface area contributed by atoms with E-state index >= 15 is 0 Å². The number of nitrogens with two attached hydrogens (primary N) is 2. The highest BCUT2D eigenvalue weighted by Crippen LogP contribution is 2.41. The molecule has 0 radical (unpaired) electrons. The Labute approximate surface area is 502 Å². The van der Waals surface area contributed by atoms with Crippen LogP contribution < -0.4 is 53.8 Å². The van der Waals surface area contributed by atoms with Crippen LogP contribution in [0.4, 0.5) is 17.3 Å². The minimum absolute atomic E-state index is 0.0273. The van der Waals surface area contributed by atoms with Gasteiger partial charge >= 0.3 is 5.97 Å². The Morgan fingerprint density at radius 3 is 2.30 bits per heavy atom. The summed E-state index contributed by atoms with van der Waals surface area (Å²) in [5.41, 5.74) is 16.9. The Balaban J connectivity index is 0.637. The summed E-state index contributed by atoms with van der Waals surface area (Å²) in [6.07, 6.45) is 0.984. The van der Waals surface area contributed by atoms with Crippen LogP contribution in [-0.4, -0.2) is 182 Å². The van der Waals surface area contributed by atoms with Gasteiger partial charge in [-0.2, -0.15) is 4.98 Å². The number of thioether (sulfide) groups is 1. The summed E-state index contributed by atoms with van der Waals surface area (Å²) < 4.78 is 13.0. The molecule has 3 aromatic carbocycles. The number of aromatic amines is 1. The van der Waals surface area contributed by atoms with E-state index in [9.17, 15) is 48.3 Å². The highest BCUT2D eigenvalue weighted by atomic mass is 32.2. The number of rotatable bonds is 33. The van der Waals surface area contributed by atoms with Crippen molar-refractivity contribution in [3.05, 3.63) is 106 Å². The van der Waals surface area contributed by atoms with Crippen LogP contribution in [0.2, 0.25) is 0 Å². The molecule has 8 rings (SSSR count). The average Bonchev–Trinajstić information content (AvgIpc) is 1.85. The van der Waals surface area contributed by atoms with Gasteiger partial charge in [0.25, 0.3) is 11.5 Å². The van der Waals surface area contributed by atoms with Crippen LogP contribution in [-0.2, 0) is 62.7 Å². The number of carboxylic acid groups (broad SMARTS) is 1. The molecule has 6 aromatic rings. The molecule has 0 saturated carbocycles. The maximum atomic E-state index is 13.9. The van der Waals surface area contributed by atoms with Crippen LogP contribution in [0.3, 0.4) is 0 Å². The molecule has 2 aliphatic heterocycles. The van der Waals surface area contributed by atoms with Crippen molar-refractivity contribution in [1.29, 1.82) is 0 Å². The second-order valence-electron chi connectivity index (χ2n) is 20.0. The second-order valence-corrected chi connectivity index (χ2v) is 21.3. The molecule has 2 unspecified atom stereocenters. The molecular weight excluding hydrogens is 1150 g/mol. The zero-order chi connectivity index (χ0) is 61.7. The Kier molecular flexibility index (Phi) is 23.3. The molecule has 12 N–H and O–H groups in total. The van der Waals surface area contributed by atoms with Gasteiger partial charge in [-0.25, -0.2) is 19.4 Å². The van der Waals surface area contributed by atoms with Crippen LogP contribution in [0.25, 0.3) is 33.7 Å². The zero-order valence-corrected chi connectivity index (χ0v) is 48.4. The standard InChI is InChI=1S/C57H69N17O12S/c58-18-20-60-21-25-74-51-39-6-2-1-5-36(39)34-73(42-8-4-3-7-40(42)49(51)70-71-74)47(78)15-19-61-46(77)17-26-85-28-29-86-27-22-62-45(76)16-24-72-48(79)31-43(55(72)82)87-30-23-63-44(75)14-13-41(56(83)84)67-53(80)35-9-11-37(12-10-35)64-32-38-33-65-52-50(66-38)54(81)69-57(59)68-52/h1-12,33,41,43,60,64H,13-32,34,58H2,(H,61,77)(H,62,76)(H,63,75)(H,67,80)(H,83,84)(H3,59,65,68,69,81). The first-order valence-corrected chi connectivity index (χ1v) is 29.3. The van der Waals surface area contributed by atoms with Gasteiger partial charge in [-0.1, -0.05) is 47.7 Å². The summed E-state index contributed by atoms with van der Waals surface area (Å²) in [6, 6.07) is 20.3. The summed E-state index contributed by atoms with van der Waals surface area (Å²) in [7, 11) is 0. The maximum Gasteiger partial charge on any atom is 0.326 e. The van der Waals surface area contributed by atoms with Crippen LogP contribution in [0.1, 0.15) is 60.1 Å². The molecule has 0 aliphatic carbocycles. The summed E-state index contributed by atoms with van der Waals surface area (Å²) in [6.45, 7) is 3.98. The number of amides is 7. The fraction of sp³-hybridized carbons (Fsp3) is 0.404. The van der Waals surface area contributed by atoms with Gasteiger partial charge < -0.3 is 62.8 Å². The molecule has 0 bridgehead atoms. The number of nitrogen functional groups attached to an aromatic ring is 1. The molecule has 1 saturated heterocycles. The third kappa shape index (κ3) is 17.9. The third-order valence-corrected chi connectivity index (χ3v) is 15.1. The summed E-state index contributed by atoms with van der Waals surface area (Å²) in [5.74, 6) is -3.95. The lowest BCUT2D eigenvalue weighted by Crippen LogP contribution is -2.41. The van der Waals surface area contributed by atoms with Gasteiger partial charge in [-0.05, 0) is 42.3 Å². The number of likely N-dealkylation sites (tertiary alicyclic amines) is 1. The Hall–Kier alpha value is -9.23. The number of H-pyrrole nitrogens is 1. The Morgan fingerprint density at radius 1 is 0.782 bits per heavy atom. The minimum Gasteiger partial charge on any atom is -0.480 e. The summed E-state index contributed by atoms with van der Waals surface area (Å²) in [4.78, 5) is 132. The van der Waals surface area contributed by atoms with Crippen molar-refractivity contribution in [2.75, 3.05) is 93.9 Å². The fourth-order valence-corrected chi connectivity index (χ4v) is 10.5. The minimum atomic E-state index is -1.37. The Morgan fingerprint density at radius 2 is 1.51 bits per heavy atom. The molecule has 2 aliphatic rings. The lowest BCUT2D eigenvalue weighted by molar-refractivity contribution is -0.140. The van der Waals surface area contributed by atoms with E-state index in [1.54, 1.807) is 17.0 Å². The van der Waals surface area contributed by atoms with Crippen molar-refractivity contribution in [3.63, 3.8) is 0 Å². The molecule has 3 aromatic heterocycles. The van der Waals surface area contributed by atoms with Crippen molar-refractivity contribution in [2.24, 2.45) is 5.73 Å². The monoisotopic (exact) mass is 1220 g/mol. The number of fused-ring (bicyclic) bond motifs is 6. The van der Waals surface area contributed by atoms with Crippen molar-refractivity contribution in [1.82, 2.24) is 66.4 Å². The molecule has 0 spiro atoms. The number of benzene rings is 3. The van der Waals surface area contributed by atoms with Crippen LogP contribution in [0.15, 0.2) is 83.8 Å². The number of nitrogens with zero attached hydrogens (tertiary/aromatic N) is 8. The van der Waals surface area contributed by atoms with Gasteiger partial charge in [-0.3, -0.25) is 48.2 Å². The van der Waals surface area contributed by atoms with Gasteiger partial charge in [0.05, 0.1) is 74.6 Å². The van der Waals surface area contributed by atoms with E-state index in [2.05, 4.69) is 62.1 Å². The summed E-state index contributed by atoms with van der Waals surface area (Å²) >= 11 is 1.18. The smallest absolute Gasteiger partial charge is 0.326 e. The number of nitrogens with one attached hydrogen (secondary N) is 7. The lowest BCUT2D eigenvalue weighted by atomic mass is 9.95. The number of imide groups is 1. The SMILES string of the molecule is NCCNCCn1nnc2c1-c1ccccc1CN(C(=O)CCNC(=O)CCOCCOCCNC(=O)CCN1C(=O)CC(SCCNC(=O)CCC(NC(=O)c3ccc(NCc4cnc5nc(N)[nH]c(=O)c5n4)cc3)C(=O)O)C1=O)c1ccccc1-2. The molecule has 5 heterocycles. The number of carboxylic acids is 1. The topological polar surface area (TPSA) is 408 Å². The third-order valence-electron chi connectivity index (χ3n) is 13.9. The first-order chi connectivity index (χ1) is 42.2. The van der Waals surface area contributed by atoms with E-state index in [1.165, 1.54) is 30.1 Å². The average molecular weight is 1220 g/mol. The van der Waals surface area contributed by atoms with E-state index in [0.29, 0.717) is 55.5 Å². The van der Waals surface area contributed by atoms with Crippen molar-refractivity contribution >= 4 is 87.6 Å². The van der Waals surface area contributed by atoms with Crippen molar-refractivity contribution in [2.45, 2.75) is 69.5 Å². The van der Waals surface area contributed by atoms with E-state index < -0.39 is 46.4 Å². The van der Waals surface area contributed by atoms with Gasteiger partial charge in [0, 0.05) is 106 Å². The van der Waals surface area contributed by atoms with Gasteiger partial charge in [0.1, 0.15) is 11.7 Å². The molecule has 2 atom stereocenters. The quantitative estimate of drug-likeness (QED) is 0.0196. The highest BCUT2D eigenvalue weighted by molar-refractivity contribution is 8.00. The highest BCUT2D eigenvalue weighted by Gasteiger charge is 2.39. The van der Waals surface area contributed by atoms with Gasteiger partial charge in [0.2, 0.25) is 41.4 Å². The molecule has 460 valence electrons. The number of hydrogen-bond donors (Lipinski definition) is 10. The van der Waals surface area contributed by atoms with Gasteiger partial charge in [-0.15, -0.1) is 16.9 Å². The van der Waals surface area contributed by atoms with E-state index in [0.717, 1.165) is 27.3 Å². The normalized spacial score (nSPS) is 13.9. The molecule has 29 nitrogen and oxygen atoms in total. The Bertz CT molecular complexity index is 3490. The maximum absolute atomic E-state index is 13.9. The van der Waals surface area contributed by atoms with Crippen LogP contribution >= 0.6 is 11.8 Å². The number of hydrogen-bond acceptors (Lipinski definition) is 21. The molecule has 30 heteroatoms. The van der Waals surface area contributed by atoms with E-state index in [1.807, 2.05) is 53.2 Å². The zero-order valence-electron chi connectivity index (χ0n) is 47.6. The summed E-state index contributed by atoms with van der Waals surface area (Å²) in [5, 5.41) is 35.2. The predicted octanol–water partition coefficient (Wildman–Crippen LogP) is 0.304. The first kappa shape index (κ1) is 63.8. The number of aromatic nitrogens is 7. The fourth-order valence-electron chi connectivity index (χ4n) is 9.45. The van der Waals surface area contributed by atoms with E-state index in [4.69, 9.17) is 20.9 Å². The number of anilines is 3. The molecular formula is C57H69N17O12S. The van der Waals surface area contributed by atoms with E-state index in [-0.39, 0.29) is 144 Å². The number of aliphatic carboxylic acids is 1. The molecule has 7 amide bonds.